The number of carbonyl (C=O) groups is 3. The molecular formula is C21H24N2O4. The van der Waals surface area contributed by atoms with E-state index >= 15 is 0 Å². The van der Waals surface area contributed by atoms with Crippen LogP contribution in [0.2, 0.25) is 0 Å². The van der Waals surface area contributed by atoms with E-state index in [0.717, 1.165) is 12.8 Å². The maximum Gasteiger partial charge on any atom is 0.226 e. The first-order valence-corrected chi connectivity index (χ1v) is 9.86. The van der Waals surface area contributed by atoms with Gasteiger partial charge in [0.15, 0.2) is 5.78 Å². The van der Waals surface area contributed by atoms with Crippen LogP contribution in [0.25, 0.3) is 0 Å². The standard InChI is InChI=1S/C21H24N2O4/c1-13(24)22-8-10-23(11-9-22)20(26)18-15-6-7-21(19(15)18)12-16(25)14-4-2-3-5-17(14)27-21/h2-5,15,18-19H,6-12H2,1H3/t15-,18+,19+,21+/m0/s1. The normalized spacial score (nSPS) is 34.1. The Labute approximate surface area is 158 Å². The number of ether oxygens (including phenoxy) is 1. The second-order valence-electron chi connectivity index (χ2n) is 8.35. The first kappa shape index (κ1) is 16.8. The van der Waals surface area contributed by atoms with Crippen molar-refractivity contribution in [3.05, 3.63) is 29.8 Å². The van der Waals surface area contributed by atoms with E-state index in [2.05, 4.69) is 0 Å². The summed E-state index contributed by atoms with van der Waals surface area (Å²) in [6, 6.07) is 7.43. The average molecular weight is 368 g/mol. The quantitative estimate of drug-likeness (QED) is 0.757. The number of Topliss-reactive ketones (excluding diaryl/α,β-unsaturated/α-hetero) is 1. The Morgan fingerprint density at radius 1 is 1.11 bits per heavy atom. The van der Waals surface area contributed by atoms with Crippen molar-refractivity contribution >= 4 is 17.6 Å². The molecule has 1 spiro atoms. The second kappa shape index (κ2) is 5.81. The molecule has 3 fully saturated rings. The molecule has 1 aromatic rings. The number of para-hydroxylation sites is 1. The van der Waals surface area contributed by atoms with Crippen molar-refractivity contribution in [3.63, 3.8) is 0 Å². The van der Waals surface area contributed by atoms with Gasteiger partial charge in [0.05, 0.1) is 12.0 Å². The highest BCUT2D eigenvalue weighted by Crippen LogP contribution is 2.66. The highest BCUT2D eigenvalue weighted by Gasteiger charge is 2.71. The SMILES string of the molecule is CC(=O)N1CCN(C(=O)[C@@H]2[C@@H]3CC[C@@]4(CC(=O)c5ccccc5O4)[C@H]32)CC1. The van der Waals surface area contributed by atoms with E-state index in [1.165, 1.54) is 0 Å². The summed E-state index contributed by atoms with van der Waals surface area (Å²) < 4.78 is 6.38. The van der Waals surface area contributed by atoms with Crippen molar-refractivity contribution in [1.82, 2.24) is 9.80 Å². The van der Waals surface area contributed by atoms with Crippen LogP contribution in [0.4, 0.5) is 0 Å². The predicted molar refractivity (Wildman–Crippen MR) is 97.3 cm³/mol. The van der Waals surface area contributed by atoms with Crippen LogP contribution in [-0.2, 0) is 9.59 Å². The molecule has 0 aromatic heterocycles. The number of rotatable bonds is 1. The molecule has 4 aliphatic rings. The number of piperazine rings is 1. The zero-order chi connectivity index (χ0) is 18.8. The van der Waals surface area contributed by atoms with E-state index in [1.54, 1.807) is 11.8 Å². The van der Waals surface area contributed by atoms with Gasteiger partial charge in [0.1, 0.15) is 11.4 Å². The maximum atomic E-state index is 13.1. The highest BCUT2D eigenvalue weighted by molar-refractivity contribution is 6.00. The van der Waals surface area contributed by atoms with Crippen LogP contribution in [0.15, 0.2) is 24.3 Å². The van der Waals surface area contributed by atoms with Crippen LogP contribution < -0.4 is 4.74 Å². The summed E-state index contributed by atoms with van der Waals surface area (Å²) in [5.41, 5.74) is 0.160. The van der Waals surface area contributed by atoms with Gasteiger partial charge in [0, 0.05) is 44.9 Å². The molecule has 1 saturated heterocycles. The maximum absolute atomic E-state index is 13.1. The molecule has 27 heavy (non-hydrogen) atoms. The molecule has 2 heterocycles. The fraction of sp³-hybridized carbons (Fsp3) is 0.571. The van der Waals surface area contributed by atoms with Gasteiger partial charge in [-0.1, -0.05) is 12.1 Å². The summed E-state index contributed by atoms with van der Waals surface area (Å²) in [5, 5.41) is 0. The zero-order valence-corrected chi connectivity index (χ0v) is 15.5. The molecule has 2 saturated carbocycles. The lowest BCUT2D eigenvalue weighted by atomic mass is 9.84. The molecule has 0 bridgehead atoms. The Morgan fingerprint density at radius 3 is 2.56 bits per heavy atom. The van der Waals surface area contributed by atoms with Crippen molar-refractivity contribution in [2.24, 2.45) is 17.8 Å². The molecule has 0 unspecified atom stereocenters. The third kappa shape index (κ3) is 2.49. The van der Waals surface area contributed by atoms with E-state index in [4.69, 9.17) is 4.74 Å². The van der Waals surface area contributed by atoms with Crippen molar-refractivity contribution < 1.29 is 19.1 Å². The van der Waals surface area contributed by atoms with Gasteiger partial charge >= 0.3 is 0 Å². The molecule has 5 rings (SSSR count). The lowest BCUT2D eigenvalue weighted by Crippen LogP contribution is -2.51. The minimum Gasteiger partial charge on any atom is -0.486 e. The van der Waals surface area contributed by atoms with Crippen molar-refractivity contribution in [2.75, 3.05) is 26.2 Å². The molecule has 6 nitrogen and oxygen atoms in total. The van der Waals surface area contributed by atoms with E-state index in [-0.39, 0.29) is 29.4 Å². The number of hydrogen-bond acceptors (Lipinski definition) is 4. The average Bonchev–Trinajstić information content (AvgIpc) is 3.32. The number of fused-ring (bicyclic) bond motifs is 3. The van der Waals surface area contributed by atoms with Gasteiger partial charge < -0.3 is 14.5 Å². The Balaban J connectivity index is 1.31. The molecule has 2 aliphatic carbocycles. The van der Waals surface area contributed by atoms with Crippen LogP contribution in [0.3, 0.4) is 0 Å². The number of amides is 2. The fourth-order valence-electron chi connectivity index (χ4n) is 5.55. The summed E-state index contributed by atoms with van der Waals surface area (Å²) in [6.07, 6.45) is 2.18. The van der Waals surface area contributed by atoms with Crippen LogP contribution in [0.5, 0.6) is 5.75 Å². The highest BCUT2D eigenvalue weighted by atomic mass is 16.5. The largest absolute Gasteiger partial charge is 0.486 e. The monoisotopic (exact) mass is 368 g/mol. The Kier molecular flexibility index (Phi) is 3.61. The molecule has 0 radical (unpaired) electrons. The van der Waals surface area contributed by atoms with E-state index in [1.807, 2.05) is 29.2 Å². The van der Waals surface area contributed by atoms with E-state index in [9.17, 15) is 14.4 Å². The number of ketones is 1. The zero-order valence-electron chi connectivity index (χ0n) is 15.5. The van der Waals surface area contributed by atoms with Crippen LogP contribution in [-0.4, -0.2) is 59.2 Å². The van der Waals surface area contributed by atoms with Gasteiger partial charge in [-0.3, -0.25) is 14.4 Å². The molecule has 4 atom stereocenters. The minimum atomic E-state index is -0.502. The molecule has 0 N–H and O–H groups in total. The van der Waals surface area contributed by atoms with Gasteiger partial charge in [-0.2, -0.15) is 0 Å². The van der Waals surface area contributed by atoms with Gasteiger partial charge in [0.2, 0.25) is 11.8 Å². The summed E-state index contributed by atoms with van der Waals surface area (Å²) in [4.78, 5) is 40.9. The number of benzene rings is 1. The number of hydrogen-bond donors (Lipinski definition) is 0. The summed E-state index contributed by atoms with van der Waals surface area (Å²) >= 11 is 0. The summed E-state index contributed by atoms with van der Waals surface area (Å²) in [6.45, 7) is 3.99. The molecule has 1 aromatic carbocycles. The molecule has 2 aliphatic heterocycles. The lowest BCUT2D eigenvalue weighted by Gasteiger charge is -2.38. The van der Waals surface area contributed by atoms with Crippen LogP contribution in [0, 0.1) is 17.8 Å². The van der Waals surface area contributed by atoms with Crippen molar-refractivity contribution in [3.8, 4) is 5.75 Å². The van der Waals surface area contributed by atoms with Gasteiger partial charge in [0.25, 0.3) is 0 Å². The predicted octanol–water partition coefficient (Wildman–Crippen LogP) is 1.74. The minimum absolute atomic E-state index is 0.0271. The molecular weight excluding hydrogens is 344 g/mol. The second-order valence-corrected chi connectivity index (χ2v) is 8.35. The third-order valence-electron chi connectivity index (χ3n) is 6.96. The first-order valence-electron chi connectivity index (χ1n) is 9.86. The Morgan fingerprint density at radius 2 is 1.81 bits per heavy atom. The topological polar surface area (TPSA) is 66.9 Å². The number of nitrogens with zero attached hydrogens (tertiary/aromatic N) is 2. The van der Waals surface area contributed by atoms with Gasteiger partial charge in [-0.15, -0.1) is 0 Å². The summed E-state index contributed by atoms with van der Waals surface area (Å²) in [7, 11) is 0. The lowest BCUT2D eigenvalue weighted by molar-refractivity contribution is -0.140. The third-order valence-corrected chi connectivity index (χ3v) is 6.96. The molecule has 6 heteroatoms. The van der Waals surface area contributed by atoms with E-state index in [0.29, 0.717) is 49.8 Å². The first-order chi connectivity index (χ1) is 13.0. The fourth-order valence-corrected chi connectivity index (χ4v) is 5.55. The van der Waals surface area contributed by atoms with E-state index < -0.39 is 5.60 Å². The van der Waals surface area contributed by atoms with Crippen LogP contribution >= 0.6 is 0 Å². The Hall–Kier alpha value is -2.37. The van der Waals surface area contributed by atoms with Crippen LogP contribution in [0.1, 0.15) is 36.5 Å². The summed E-state index contributed by atoms with van der Waals surface area (Å²) in [5.74, 6) is 1.50. The smallest absolute Gasteiger partial charge is 0.226 e. The van der Waals surface area contributed by atoms with Gasteiger partial charge in [-0.25, -0.2) is 0 Å². The molecule has 142 valence electrons. The van der Waals surface area contributed by atoms with Gasteiger partial charge in [-0.05, 0) is 30.9 Å². The number of carbonyl (C=O) groups excluding carboxylic acids is 3. The van der Waals surface area contributed by atoms with Crippen molar-refractivity contribution in [2.45, 2.75) is 31.8 Å². The van der Waals surface area contributed by atoms with Crippen molar-refractivity contribution in [1.29, 1.82) is 0 Å². The Bertz CT molecular complexity index is 829. The molecule has 2 amide bonds.